The molecule has 0 spiro atoms. The Morgan fingerprint density at radius 1 is 1.34 bits per heavy atom. The van der Waals surface area contributed by atoms with Crippen molar-refractivity contribution in [1.29, 1.82) is 0 Å². The van der Waals surface area contributed by atoms with Crippen LogP contribution in [0.5, 0.6) is 0 Å². The number of rotatable bonds is 4. The van der Waals surface area contributed by atoms with E-state index in [1.54, 1.807) is 18.5 Å². The Kier molecular flexibility index (Phi) is 5.83. The van der Waals surface area contributed by atoms with Crippen LogP contribution in [0.3, 0.4) is 0 Å². The predicted octanol–water partition coefficient (Wildman–Crippen LogP) is 3.18. The smallest absolute Gasteiger partial charge is 0.394 e. The Morgan fingerprint density at radius 2 is 2.16 bits per heavy atom. The monoisotopic (exact) mass is 445 g/mol. The molecular weight excluding hydrogens is 423 g/mol. The summed E-state index contributed by atoms with van der Waals surface area (Å²) in [6.07, 6.45) is -0.346. The minimum Gasteiger partial charge on any atom is -0.394 e. The van der Waals surface area contributed by atoms with Gasteiger partial charge in [-0.25, -0.2) is 15.0 Å². The summed E-state index contributed by atoms with van der Waals surface area (Å²) in [6, 6.07) is 5.04. The molecule has 3 aromatic rings. The van der Waals surface area contributed by atoms with Gasteiger partial charge in [0.1, 0.15) is 17.2 Å². The van der Waals surface area contributed by atoms with Crippen LogP contribution in [-0.4, -0.2) is 65.2 Å². The third kappa shape index (κ3) is 4.15. The van der Waals surface area contributed by atoms with Gasteiger partial charge in [0.25, 0.3) is 0 Å². The number of H-pyrrole nitrogens is 1. The van der Waals surface area contributed by atoms with Crippen LogP contribution in [0.4, 0.5) is 19.0 Å². The number of allylic oxidation sites excluding steroid dienone is 2. The first kappa shape index (κ1) is 21.8. The van der Waals surface area contributed by atoms with Gasteiger partial charge < -0.3 is 20.4 Å². The Hall–Kier alpha value is -3.47. The highest BCUT2D eigenvalue weighted by molar-refractivity contribution is 6.10. The van der Waals surface area contributed by atoms with Crippen molar-refractivity contribution in [3.05, 3.63) is 42.0 Å². The number of nitrogens with zero attached hydrogens (tertiary/aromatic N) is 5. The second-order valence-electron chi connectivity index (χ2n) is 7.36. The van der Waals surface area contributed by atoms with Crippen molar-refractivity contribution >= 4 is 28.6 Å². The lowest BCUT2D eigenvalue weighted by atomic mass is 10.1. The fourth-order valence-corrected chi connectivity index (χ4v) is 3.62. The molecule has 1 atom stereocenters. The van der Waals surface area contributed by atoms with Gasteiger partial charge >= 0.3 is 6.18 Å². The van der Waals surface area contributed by atoms with Crippen molar-refractivity contribution in [3.63, 3.8) is 0 Å². The number of hydrogen-bond donors (Lipinski definition) is 2. The van der Waals surface area contributed by atoms with Gasteiger partial charge in [0.05, 0.1) is 24.9 Å². The van der Waals surface area contributed by atoms with E-state index < -0.39 is 11.9 Å². The van der Waals surface area contributed by atoms with Crippen molar-refractivity contribution in [1.82, 2.24) is 19.9 Å². The molecule has 11 heteroatoms. The summed E-state index contributed by atoms with van der Waals surface area (Å²) < 4.78 is 46.0. The molecule has 1 unspecified atom stereocenters. The van der Waals surface area contributed by atoms with E-state index in [1.165, 1.54) is 13.1 Å². The highest BCUT2D eigenvalue weighted by Crippen LogP contribution is 2.32. The van der Waals surface area contributed by atoms with Gasteiger partial charge in [-0.15, -0.1) is 0 Å². The first-order valence-corrected chi connectivity index (χ1v) is 9.95. The maximum Gasteiger partial charge on any atom is 0.431 e. The van der Waals surface area contributed by atoms with Crippen molar-refractivity contribution in [2.75, 3.05) is 31.7 Å². The molecule has 0 saturated carbocycles. The number of aromatic nitrogens is 4. The van der Waals surface area contributed by atoms with Gasteiger partial charge in [0, 0.05) is 54.8 Å². The largest absolute Gasteiger partial charge is 0.431 e. The summed E-state index contributed by atoms with van der Waals surface area (Å²) in [4.78, 5) is 22.2. The molecule has 0 amide bonds. The van der Waals surface area contributed by atoms with Gasteiger partial charge in [0.2, 0.25) is 0 Å². The van der Waals surface area contributed by atoms with E-state index in [2.05, 4.69) is 19.9 Å². The Labute approximate surface area is 182 Å². The third-order valence-electron chi connectivity index (χ3n) is 5.21. The number of nitrogens with one attached hydrogen (secondary N) is 1. The van der Waals surface area contributed by atoms with Crippen LogP contribution in [0.2, 0.25) is 0 Å². The Balaban J connectivity index is 1.97. The Bertz CT molecular complexity index is 1190. The normalized spacial score (nSPS) is 18.4. The molecule has 4 heterocycles. The number of nitrogens with two attached hydrogens (primary N) is 1. The fraction of sp³-hybridized carbons (Fsp3) is 0.333. The molecule has 0 aliphatic carbocycles. The molecule has 168 valence electrons. The molecular formula is C21H22F3N7O. The zero-order valence-electron chi connectivity index (χ0n) is 17.5. The number of alkyl halides is 3. The molecule has 3 N–H and O–H groups in total. The van der Waals surface area contributed by atoms with Gasteiger partial charge in [-0.2, -0.15) is 13.2 Å². The van der Waals surface area contributed by atoms with Crippen LogP contribution in [-0.2, 0) is 4.74 Å². The quantitative estimate of drug-likeness (QED) is 0.598. The van der Waals surface area contributed by atoms with Crippen LogP contribution in [0.25, 0.3) is 28.0 Å². The molecule has 0 radical (unpaired) electrons. The summed E-state index contributed by atoms with van der Waals surface area (Å²) in [7, 11) is 1.38. The Morgan fingerprint density at radius 3 is 2.88 bits per heavy atom. The third-order valence-corrected chi connectivity index (χ3v) is 5.21. The van der Waals surface area contributed by atoms with Crippen LogP contribution < -0.4 is 10.6 Å². The molecule has 8 nitrogen and oxygen atoms in total. The average molecular weight is 445 g/mol. The molecule has 1 aliphatic rings. The maximum atomic E-state index is 13.5. The number of aliphatic imine (C=N–C) groups is 1. The number of halogens is 3. The standard InChI is InChI=1S/C21H22F3N7O/c1-12-11-32-8-7-31(12)17-9-16(15(10-26-2)18(25)21(22,23)24)29-20(30-17)14-4-6-28-19-13(14)3-5-27-19/h3-6,9-10,12H,7-8,11,25H2,1-2H3,(H,27,28). The number of hydrogen-bond acceptors (Lipinski definition) is 7. The lowest BCUT2D eigenvalue weighted by Gasteiger charge is -2.34. The number of ether oxygens (including phenoxy) is 1. The van der Waals surface area contributed by atoms with E-state index in [9.17, 15) is 13.2 Å². The molecule has 0 aromatic carbocycles. The maximum absolute atomic E-state index is 13.5. The minimum atomic E-state index is -4.74. The number of anilines is 1. The lowest BCUT2D eigenvalue weighted by molar-refractivity contribution is -0.0918. The van der Waals surface area contributed by atoms with Gasteiger partial charge in [0.15, 0.2) is 5.82 Å². The van der Waals surface area contributed by atoms with Gasteiger partial charge in [-0.3, -0.25) is 4.99 Å². The number of fused-ring (bicyclic) bond motifs is 1. The summed E-state index contributed by atoms with van der Waals surface area (Å²) in [5.74, 6) is 0.749. The summed E-state index contributed by atoms with van der Waals surface area (Å²) in [6.45, 7) is 3.48. The van der Waals surface area contributed by atoms with E-state index in [1.807, 2.05) is 17.9 Å². The molecule has 1 fully saturated rings. The molecule has 3 aromatic heterocycles. The van der Waals surface area contributed by atoms with Gasteiger partial charge in [-0.05, 0) is 19.1 Å². The van der Waals surface area contributed by atoms with Crippen molar-refractivity contribution < 1.29 is 17.9 Å². The summed E-state index contributed by atoms with van der Waals surface area (Å²) in [5.41, 5.74) is 5.20. The second-order valence-corrected chi connectivity index (χ2v) is 7.36. The van der Waals surface area contributed by atoms with Crippen LogP contribution in [0.1, 0.15) is 12.6 Å². The first-order valence-electron chi connectivity index (χ1n) is 9.95. The minimum absolute atomic E-state index is 0.0173. The second kappa shape index (κ2) is 8.58. The topological polar surface area (TPSA) is 105 Å². The van der Waals surface area contributed by atoms with E-state index in [0.29, 0.717) is 36.8 Å². The fourth-order valence-electron chi connectivity index (χ4n) is 3.62. The SMILES string of the molecule is CN=CC(=C(N)C(F)(F)F)c1cc(N2CCOCC2C)nc(-c2ccnc3[nH]ccc23)n1. The zero-order valence-corrected chi connectivity index (χ0v) is 17.5. The average Bonchev–Trinajstić information content (AvgIpc) is 3.25. The summed E-state index contributed by atoms with van der Waals surface area (Å²) in [5, 5.41) is 0.754. The molecule has 4 rings (SSSR count). The first-order chi connectivity index (χ1) is 15.3. The van der Waals surface area contributed by atoms with Crippen molar-refractivity contribution in [2.24, 2.45) is 10.7 Å². The highest BCUT2D eigenvalue weighted by atomic mass is 19.4. The van der Waals surface area contributed by atoms with Crippen LogP contribution in [0, 0.1) is 0 Å². The zero-order chi connectivity index (χ0) is 22.9. The highest BCUT2D eigenvalue weighted by Gasteiger charge is 2.35. The molecule has 0 bridgehead atoms. The van der Waals surface area contributed by atoms with E-state index >= 15 is 0 Å². The number of aromatic amines is 1. The van der Waals surface area contributed by atoms with E-state index in [4.69, 9.17) is 15.5 Å². The van der Waals surface area contributed by atoms with Gasteiger partial charge in [-0.1, -0.05) is 0 Å². The molecule has 32 heavy (non-hydrogen) atoms. The van der Waals surface area contributed by atoms with Crippen LogP contribution >= 0.6 is 0 Å². The van der Waals surface area contributed by atoms with Crippen LogP contribution in [0.15, 0.2) is 41.3 Å². The number of pyridine rings is 1. The van der Waals surface area contributed by atoms with Crippen molar-refractivity contribution in [3.8, 4) is 11.4 Å². The van der Waals surface area contributed by atoms with E-state index in [-0.39, 0.29) is 23.1 Å². The van der Waals surface area contributed by atoms with E-state index in [0.717, 1.165) is 11.6 Å². The molecule has 1 saturated heterocycles. The predicted molar refractivity (Wildman–Crippen MR) is 116 cm³/mol. The number of morpholine rings is 1. The molecule has 1 aliphatic heterocycles. The lowest BCUT2D eigenvalue weighted by Crippen LogP contribution is -2.44. The summed E-state index contributed by atoms with van der Waals surface area (Å²) >= 11 is 0. The van der Waals surface area contributed by atoms with Crippen molar-refractivity contribution in [2.45, 2.75) is 19.1 Å².